The molecule has 1 fully saturated rings. The third kappa shape index (κ3) is 3.12. The number of imidazole rings is 1. The van der Waals surface area contributed by atoms with Crippen molar-refractivity contribution < 1.29 is 4.79 Å². The molecule has 1 unspecified atom stereocenters. The number of thiophene rings is 1. The van der Waals surface area contributed by atoms with Gasteiger partial charge in [0.2, 0.25) is 0 Å². The van der Waals surface area contributed by atoms with E-state index in [0.717, 1.165) is 47.9 Å². The van der Waals surface area contributed by atoms with Crippen LogP contribution in [0.25, 0.3) is 11.4 Å². The van der Waals surface area contributed by atoms with Crippen LogP contribution in [-0.4, -0.2) is 33.4 Å². The molecule has 0 aliphatic carbocycles. The van der Waals surface area contributed by atoms with Crippen molar-refractivity contribution in [1.29, 1.82) is 0 Å². The maximum Gasteiger partial charge on any atom is 0.263 e. The van der Waals surface area contributed by atoms with Gasteiger partial charge in [0.05, 0.1) is 10.9 Å². The molecule has 0 saturated carbocycles. The first-order chi connectivity index (χ1) is 12.2. The maximum absolute atomic E-state index is 12.7. The predicted molar refractivity (Wildman–Crippen MR) is 101 cm³/mol. The highest BCUT2D eigenvalue weighted by Gasteiger charge is 2.28. The second kappa shape index (κ2) is 6.84. The minimum atomic E-state index is 0.152. The summed E-state index contributed by atoms with van der Waals surface area (Å²) in [5, 5.41) is 1.96. The number of aromatic nitrogens is 2. The monoisotopic (exact) mass is 351 g/mol. The highest BCUT2D eigenvalue weighted by atomic mass is 32.1. The van der Waals surface area contributed by atoms with E-state index in [1.54, 1.807) is 0 Å². The van der Waals surface area contributed by atoms with Crippen LogP contribution in [0.5, 0.6) is 0 Å². The molecule has 4 nitrogen and oxygen atoms in total. The second-order valence-electron chi connectivity index (χ2n) is 6.48. The summed E-state index contributed by atoms with van der Waals surface area (Å²) in [6, 6.07) is 14.4. The van der Waals surface area contributed by atoms with Crippen molar-refractivity contribution in [2.45, 2.75) is 25.8 Å². The summed E-state index contributed by atoms with van der Waals surface area (Å²) >= 11 is 1.52. The molecular formula is C20H21N3OS. The van der Waals surface area contributed by atoms with Gasteiger partial charge in [-0.15, -0.1) is 11.3 Å². The van der Waals surface area contributed by atoms with Gasteiger partial charge in [0.25, 0.3) is 5.91 Å². The van der Waals surface area contributed by atoms with Crippen LogP contribution in [0.4, 0.5) is 0 Å². The average molecular weight is 351 g/mol. The van der Waals surface area contributed by atoms with Gasteiger partial charge in [0.1, 0.15) is 5.82 Å². The summed E-state index contributed by atoms with van der Waals surface area (Å²) in [6.45, 7) is 3.68. The summed E-state index contributed by atoms with van der Waals surface area (Å²) in [6.07, 6.45) is 4.03. The van der Waals surface area contributed by atoms with Crippen molar-refractivity contribution in [3.05, 3.63) is 64.6 Å². The lowest BCUT2D eigenvalue weighted by Crippen LogP contribution is -2.40. The fourth-order valence-corrected chi connectivity index (χ4v) is 4.30. The van der Waals surface area contributed by atoms with Crippen LogP contribution in [0.15, 0.2) is 54.0 Å². The molecule has 0 spiro atoms. The van der Waals surface area contributed by atoms with E-state index in [2.05, 4.69) is 28.6 Å². The van der Waals surface area contributed by atoms with Crippen LogP contribution in [0.3, 0.4) is 0 Å². The number of carbonyl (C=O) groups excluding carboxylic acids is 1. The SMILES string of the molecule is Cc1cnc(-c2ccccc2)n1C1CCCN(C(=O)c2cccs2)C1. The van der Waals surface area contributed by atoms with Crippen LogP contribution in [0, 0.1) is 6.92 Å². The Morgan fingerprint density at radius 1 is 1.20 bits per heavy atom. The van der Waals surface area contributed by atoms with Gasteiger partial charge in [-0.25, -0.2) is 4.98 Å². The number of piperidine rings is 1. The first-order valence-electron chi connectivity index (χ1n) is 8.66. The number of hydrogen-bond donors (Lipinski definition) is 0. The molecule has 1 aromatic carbocycles. The van der Waals surface area contributed by atoms with E-state index in [1.807, 2.05) is 46.8 Å². The summed E-state index contributed by atoms with van der Waals surface area (Å²) in [7, 11) is 0. The van der Waals surface area contributed by atoms with Gasteiger partial charge in [0.15, 0.2) is 0 Å². The summed E-state index contributed by atoms with van der Waals surface area (Å²) in [5.74, 6) is 1.15. The molecule has 1 amide bonds. The van der Waals surface area contributed by atoms with Crippen molar-refractivity contribution in [2.24, 2.45) is 0 Å². The lowest BCUT2D eigenvalue weighted by Gasteiger charge is -2.34. The van der Waals surface area contributed by atoms with Crippen LogP contribution in [-0.2, 0) is 0 Å². The molecule has 0 N–H and O–H groups in total. The number of aryl methyl sites for hydroxylation is 1. The van der Waals surface area contributed by atoms with E-state index in [1.165, 1.54) is 11.3 Å². The third-order valence-electron chi connectivity index (χ3n) is 4.79. The number of carbonyl (C=O) groups is 1. The van der Waals surface area contributed by atoms with E-state index in [0.29, 0.717) is 0 Å². The number of amides is 1. The number of likely N-dealkylation sites (tertiary alicyclic amines) is 1. The fourth-order valence-electron chi connectivity index (χ4n) is 3.61. The summed E-state index contributed by atoms with van der Waals surface area (Å²) in [4.78, 5) is 20.2. The first-order valence-corrected chi connectivity index (χ1v) is 9.54. The first kappa shape index (κ1) is 16.1. The van der Waals surface area contributed by atoms with Crippen molar-refractivity contribution in [3.63, 3.8) is 0 Å². The van der Waals surface area contributed by atoms with Crippen LogP contribution in [0.2, 0.25) is 0 Å². The minimum Gasteiger partial charge on any atom is -0.336 e. The van der Waals surface area contributed by atoms with Crippen LogP contribution < -0.4 is 0 Å². The van der Waals surface area contributed by atoms with Crippen LogP contribution in [0.1, 0.15) is 34.2 Å². The number of hydrogen-bond acceptors (Lipinski definition) is 3. The van der Waals surface area contributed by atoms with Gasteiger partial charge in [-0.1, -0.05) is 36.4 Å². The van der Waals surface area contributed by atoms with E-state index in [9.17, 15) is 4.79 Å². The third-order valence-corrected chi connectivity index (χ3v) is 5.65. The molecule has 128 valence electrons. The molecule has 1 saturated heterocycles. The van der Waals surface area contributed by atoms with E-state index >= 15 is 0 Å². The molecule has 0 radical (unpaired) electrons. The molecule has 0 bridgehead atoms. The highest BCUT2D eigenvalue weighted by molar-refractivity contribution is 7.12. The van der Waals surface area contributed by atoms with Gasteiger partial charge < -0.3 is 9.47 Å². The molecular weight excluding hydrogens is 330 g/mol. The Hall–Kier alpha value is -2.40. The van der Waals surface area contributed by atoms with Gasteiger partial charge in [-0.05, 0) is 31.2 Å². The fraction of sp³-hybridized carbons (Fsp3) is 0.300. The predicted octanol–water partition coefficient (Wildman–Crippen LogP) is 4.40. The molecule has 4 rings (SSSR count). The molecule has 1 atom stereocenters. The van der Waals surface area contributed by atoms with Crippen molar-refractivity contribution >= 4 is 17.2 Å². The standard InChI is InChI=1S/C20H21N3OS/c1-15-13-21-19(16-7-3-2-4-8-16)23(15)17-9-5-11-22(14-17)20(24)18-10-6-12-25-18/h2-4,6-8,10,12-13,17H,5,9,11,14H2,1H3. The van der Waals surface area contributed by atoms with Gasteiger partial charge in [-0.2, -0.15) is 0 Å². The molecule has 5 heteroatoms. The van der Waals surface area contributed by atoms with E-state index in [4.69, 9.17) is 0 Å². The largest absolute Gasteiger partial charge is 0.336 e. The minimum absolute atomic E-state index is 0.152. The number of benzene rings is 1. The molecule has 3 heterocycles. The molecule has 1 aliphatic heterocycles. The Kier molecular flexibility index (Phi) is 4.40. The Labute approximate surface area is 151 Å². The van der Waals surface area contributed by atoms with Gasteiger partial charge >= 0.3 is 0 Å². The van der Waals surface area contributed by atoms with Gasteiger partial charge in [-0.3, -0.25) is 4.79 Å². The average Bonchev–Trinajstić information content (AvgIpc) is 3.32. The molecule has 2 aromatic heterocycles. The zero-order valence-corrected chi connectivity index (χ0v) is 15.1. The normalized spacial score (nSPS) is 17.6. The summed E-state index contributed by atoms with van der Waals surface area (Å²) in [5.41, 5.74) is 2.27. The Morgan fingerprint density at radius 2 is 2.04 bits per heavy atom. The lowest BCUT2D eigenvalue weighted by atomic mass is 10.0. The van der Waals surface area contributed by atoms with E-state index in [-0.39, 0.29) is 11.9 Å². The highest BCUT2D eigenvalue weighted by Crippen LogP contribution is 2.30. The Bertz CT molecular complexity index is 854. The molecule has 3 aromatic rings. The van der Waals surface area contributed by atoms with Gasteiger partial charge in [0, 0.05) is 30.5 Å². The second-order valence-corrected chi connectivity index (χ2v) is 7.43. The molecule has 1 aliphatic rings. The summed E-state index contributed by atoms with van der Waals surface area (Å²) < 4.78 is 2.31. The smallest absolute Gasteiger partial charge is 0.263 e. The topological polar surface area (TPSA) is 38.1 Å². The lowest BCUT2D eigenvalue weighted by molar-refractivity contribution is 0.0684. The van der Waals surface area contributed by atoms with Crippen molar-refractivity contribution in [2.75, 3.05) is 13.1 Å². The Morgan fingerprint density at radius 3 is 2.80 bits per heavy atom. The Balaban J connectivity index is 1.62. The van der Waals surface area contributed by atoms with Crippen molar-refractivity contribution in [1.82, 2.24) is 14.5 Å². The number of nitrogens with zero attached hydrogens (tertiary/aromatic N) is 3. The number of rotatable bonds is 3. The van der Waals surface area contributed by atoms with E-state index < -0.39 is 0 Å². The quantitative estimate of drug-likeness (QED) is 0.701. The maximum atomic E-state index is 12.7. The van der Waals surface area contributed by atoms with Crippen LogP contribution >= 0.6 is 11.3 Å². The van der Waals surface area contributed by atoms with Crippen molar-refractivity contribution in [3.8, 4) is 11.4 Å². The molecule has 25 heavy (non-hydrogen) atoms. The zero-order valence-electron chi connectivity index (χ0n) is 14.3. The zero-order chi connectivity index (χ0) is 17.2.